The van der Waals surface area contributed by atoms with Crippen molar-refractivity contribution >= 4 is 5.91 Å². The highest BCUT2D eigenvalue weighted by molar-refractivity contribution is 5.94. The van der Waals surface area contributed by atoms with Crippen LogP contribution in [0, 0.1) is 0 Å². The SMILES string of the molecule is COc1ccc(C(=O)N2CCn3nc(-c4ccccc4)nc3[C@@H]2C)cc1. The van der Waals surface area contributed by atoms with E-state index >= 15 is 0 Å². The molecule has 1 aliphatic heterocycles. The Balaban J connectivity index is 1.60. The molecule has 0 saturated heterocycles. The number of carbonyl (C=O) groups excluding carboxylic acids is 1. The van der Waals surface area contributed by atoms with E-state index in [1.54, 1.807) is 31.4 Å². The maximum atomic E-state index is 12.9. The van der Waals surface area contributed by atoms with Crippen LogP contribution in [-0.2, 0) is 6.54 Å². The Bertz CT molecular complexity index is 919. The van der Waals surface area contributed by atoms with E-state index in [-0.39, 0.29) is 11.9 Å². The fourth-order valence-corrected chi connectivity index (χ4v) is 3.25. The van der Waals surface area contributed by atoms with Crippen LogP contribution < -0.4 is 4.74 Å². The lowest BCUT2D eigenvalue weighted by atomic mass is 10.1. The Hall–Kier alpha value is -3.15. The molecule has 1 atom stereocenters. The third-order valence-corrected chi connectivity index (χ3v) is 4.72. The first kappa shape index (κ1) is 16.3. The molecule has 0 bridgehead atoms. The van der Waals surface area contributed by atoms with E-state index in [4.69, 9.17) is 9.72 Å². The number of rotatable bonds is 3. The summed E-state index contributed by atoms with van der Waals surface area (Å²) in [5.74, 6) is 2.25. The normalized spacial score (nSPS) is 16.2. The molecule has 2 aromatic carbocycles. The van der Waals surface area contributed by atoms with Gasteiger partial charge in [0.05, 0.1) is 19.7 Å². The minimum atomic E-state index is -0.136. The van der Waals surface area contributed by atoms with E-state index in [2.05, 4.69) is 5.10 Å². The van der Waals surface area contributed by atoms with Gasteiger partial charge in [0.15, 0.2) is 5.82 Å². The standard InChI is InChI=1S/C20H20N4O2/c1-14-19-21-18(15-6-4-3-5-7-15)22-24(19)13-12-23(14)20(25)16-8-10-17(26-2)11-9-16/h3-11,14H,12-13H2,1-2H3/t14-/m0/s1. The van der Waals surface area contributed by atoms with Gasteiger partial charge in [-0.25, -0.2) is 9.67 Å². The number of hydrogen-bond acceptors (Lipinski definition) is 4. The summed E-state index contributed by atoms with van der Waals surface area (Å²) < 4.78 is 7.07. The van der Waals surface area contributed by atoms with Crippen LogP contribution in [0.15, 0.2) is 54.6 Å². The molecule has 0 radical (unpaired) electrons. The molecule has 26 heavy (non-hydrogen) atoms. The molecule has 0 N–H and O–H groups in total. The minimum absolute atomic E-state index is 0.00401. The molecule has 0 unspecified atom stereocenters. The second-order valence-electron chi connectivity index (χ2n) is 6.29. The first-order valence-corrected chi connectivity index (χ1v) is 8.62. The molecule has 0 spiro atoms. The van der Waals surface area contributed by atoms with Gasteiger partial charge in [-0.15, -0.1) is 0 Å². The summed E-state index contributed by atoms with van der Waals surface area (Å²) in [6.45, 7) is 3.24. The lowest BCUT2D eigenvalue weighted by Crippen LogP contribution is -2.41. The fraction of sp³-hybridized carbons (Fsp3) is 0.250. The van der Waals surface area contributed by atoms with Crippen molar-refractivity contribution in [3.8, 4) is 17.1 Å². The van der Waals surface area contributed by atoms with Gasteiger partial charge in [-0.1, -0.05) is 30.3 Å². The highest BCUT2D eigenvalue weighted by atomic mass is 16.5. The number of ether oxygens (including phenoxy) is 1. The molecule has 0 aliphatic carbocycles. The number of aromatic nitrogens is 3. The van der Waals surface area contributed by atoms with Gasteiger partial charge in [-0.2, -0.15) is 5.10 Å². The molecule has 1 amide bonds. The van der Waals surface area contributed by atoms with Gasteiger partial charge in [0.25, 0.3) is 5.91 Å². The molecule has 0 fully saturated rings. The topological polar surface area (TPSA) is 60.2 Å². The van der Waals surface area contributed by atoms with E-state index in [0.717, 1.165) is 17.1 Å². The predicted molar refractivity (Wildman–Crippen MR) is 97.9 cm³/mol. The van der Waals surface area contributed by atoms with Crippen molar-refractivity contribution in [3.63, 3.8) is 0 Å². The Morgan fingerprint density at radius 1 is 1.08 bits per heavy atom. The van der Waals surface area contributed by atoms with Crippen LogP contribution in [0.1, 0.15) is 29.1 Å². The molecule has 3 aromatic rings. The van der Waals surface area contributed by atoms with Crippen molar-refractivity contribution < 1.29 is 9.53 Å². The van der Waals surface area contributed by atoms with E-state index in [1.165, 1.54) is 0 Å². The third kappa shape index (κ3) is 2.83. The van der Waals surface area contributed by atoms with Crippen molar-refractivity contribution in [3.05, 3.63) is 66.0 Å². The van der Waals surface area contributed by atoms with Crippen LogP contribution in [0.4, 0.5) is 0 Å². The second kappa shape index (κ2) is 6.63. The van der Waals surface area contributed by atoms with Crippen molar-refractivity contribution in [1.82, 2.24) is 19.7 Å². The smallest absolute Gasteiger partial charge is 0.254 e. The van der Waals surface area contributed by atoms with Gasteiger partial charge in [0.2, 0.25) is 0 Å². The zero-order chi connectivity index (χ0) is 18.1. The van der Waals surface area contributed by atoms with Gasteiger partial charge in [-0.05, 0) is 31.2 Å². The summed E-state index contributed by atoms with van der Waals surface area (Å²) in [6, 6.07) is 17.0. The van der Waals surface area contributed by atoms with E-state index in [9.17, 15) is 4.79 Å². The zero-order valence-electron chi connectivity index (χ0n) is 14.8. The van der Waals surface area contributed by atoms with Crippen LogP contribution in [0.25, 0.3) is 11.4 Å². The fourth-order valence-electron chi connectivity index (χ4n) is 3.25. The predicted octanol–water partition coefficient (Wildman–Crippen LogP) is 3.17. The van der Waals surface area contributed by atoms with Crippen LogP contribution >= 0.6 is 0 Å². The molecule has 6 heteroatoms. The maximum absolute atomic E-state index is 12.9. The lowest BCUT2D eigenvalue weighted by molar-refractivity contribution is 0.0630. The highest BCUT2D eigenvalue weighted by Crippen LogP contribution is 2.27. The molecular formula is C20H20N4O2. The minimum Gasteiger partial charge on any atom is -0.497 e. The number of fused-ring (bicyclic) bond motifs is 1. The second-order valence-corrected chi connectivity index (χ2v) is 6.29. The number of benzene rings is 2. The molecular weight excluding hydrogens is 328 g/mol. The summed E-state index contributed by atoms with van der Waals surface area (Å²) >= 11 is 0. The molecule has 4 rings (SSSR count). The molecule has 2 heterocycles. The van der Waals surface area contributed by atoms with Gasteiger partial charge in [0, 0.05) is 17.7 Å². The number of carbonyl (C=O) groups is 1. The van der Waals surface area contributed by atoms with E-state index in [1.807, 2.05) is 46.8 Å². The molecule has 1 aliphatic rings. The van der Waals surface area contributed by atoms with Crippen molar-refractivity contribution in [2.24, 2.45) is 0 Å². The third-order valence-electron chi connectivity index (χ3n) is 4.72. The van der Waals surface area contributed by atoms with Crippen LogP contribution in [0.3, 0.4) is 0 Å². The number of methoxy groups -OCH3 is 1. The summed E-state index contributed by atoms with van der Waals surface area (Å²) in [5.41, 5.74) is 1.63. The van der Waals surface area contributed by atoms with Gasteiger partial charge >= 0.3 is 0 Å². The quantitative estimate of drug-likeness (QED) is 0.729. The van der Waals surface area contributed by atoms with Crippen LogP contribution in [0.2, 0.25) is 0 Å². The van der Waals surface area contributed by atoms with E-state index in [0.29, 0.717) is 24.5 Å². The summed E-state index contributed by atoms with van der Waals surface area (Å²) in [5, 5.41) is 4.61. The zero-order valence-corrected chi connectivity index (χ0v) is 14.8. The first-order valence-electron chi connectivity index (χ1n) is 8.62. The summed E-state index contributed by atoms with van der Waals surface area (Å²) in [4.78, 5) is 19.5. The number of hydrogen-bond donors (Lipinski definition) is 0. The Labute approximate surface area is 152 Å². The Morgan fingerprint density at radius 2 is 1.81 bits per heavy atom. The summed E-state index contributed by atoms with van der Waals surface area (Å²) in [7, 11) is 1.61. The van der Waals surface area contributed by atoms with Crippen molar-refractivity contribution in [1.29, 1.82) is 0 Å². The van der Waals surface area contributed by atoms with Crippen molar-refractivity contribution in [2.45, 2.75) is 19.5 Å². The average molecular weight is 348 g/mol. The summed E-state index contributed by atoms with van der Waals surface area (Å²) in [6.07, 6.45) is 0. The monoisotopic (exact) mass is 348 g/mol. The highest BCUT2D eigenvalue weighted by Gasteiger charge is 2.31. The number of amides is 1. The van der Waals surface area contributed by atoms with Crippen molar-refractivity contribution in [2.75, 3.05) is 13.7 Å². The molecule has 0 saturated carbocycles. The largest absolute Gasteiger partial charge is 0.497 e. The average Bonchev–Trinajstić information content (AvgIpc) is 3.14. The Kier molecular flexibility index (Phi) is 4.16. The van der Waals surface area contributed by atoms with Gasteiger partial charge in [0.1, 0.15) is 11.6 Å². The van der Waals surface area contributed by atoms with Crippen LogP contribution in [-0.4, -0.2) is 39.2 Å². The lowest BCUT2D eigenvalue weighted by Gasteiger charge is -2.33. The van der Waals surface area contributed by atoms with E-state index < -0.39 is 0 Å². The number of nitrogens with zero attached hydrogens (tertiary/aromatic N) is 4. The molecule has 6 nitrogen and oxygen atoms in total. The van der Waals surface area contributed by atoms with Gasteiger partial charge < -0.3 is 9.64 Å². The Morgan fingerprint density at radius 3 is 2.50 bits per heavy atom. The molecule has 132 valence electrons. The molecule has 1 aromatic heterocycles. The van der Waals surface area contributed by atoms with Gasteiger partial charge in [-0.3, -0.25) is 4.79 Å². The van der Waals surface area contributed by atoms with Crippen LogP contribution in [0.5, 0.6) is 5.75 Å². The first-order chi connectivity index (χ1) is 12.7. The maximum Gasteiger partial charge on any atom is 0.254 e.